The summed E-state index contributed by atoms with van der Waals surface area (Å²) in [6.07, 6.45) is 0. The summed E-state index contributed by atoms with van der Waals surface area (Å²) < 4.78 is 0. The van der Waals surface area contributed by atoms with Crippen LogP contribution in [0.3, 0.4) is 0 Å². The van der Waals surface area contributed by atoms with Gasteiger partial charge in [-0.3, -0.25) is 4.79 Å². The molecule has 0 radical (unpaired) electrons. The highest BCUT2D eigenvalue weighted by Crippen LogP contribution is 2.16. The lowest BCUT2D eigenvalue weighted by atomic mass is 10.4. The Morgan fingerprint density at radius 3 is 3.18 bits per heavy atom. The molecule has 0 saturated carbocycles. The SMILES string of the molecule is Cc1nc2ccc(=O)[nH]c2s1. The van der Waals surface area contributed by atoms with Gasteiger partial charge >= 0.3 is 0 Å². The zero-order valence-corrected chi connectivity index (χ0v) is 6.73. The summed E-state index contributed by atoms with van der Waals surface area (Å²) in [4.78, 5) is 18.6. The fraction of sp³-hybridized carbons (Fsp3) is 0.143. The van der Waals surface area contributed by atoms with E-state index in [1.807, 2.05) is 6.92 Å². The number of pyridine rings is 1. The van der Waals surface area contributed by atoms with E-state index in [1.165, 1.54) is 17.4 Å². The van der Waals surface area contributed by atoms with E-state index in [0.717, 1.165) is 15.4 Å². The monoisotopic (exact) mass is 166 g/mol. The minimum atomic E-state index is -0.0684. The Balaban J connectivity index is 2.92. The highest BCUT2D eigenvalue weighted by Gasteiger charge is 1.98. The number of nitrogens with zero attached hydrogens (tertiary/aromatic N) is 1. The summed E-state index contributed by atoms with van der Waals surface area (Å²) in [6.45, 7) is 1.92. The van der Waals surface area contributed by atoms with Crippen LogP contribution in [0.4, 0.5) is 0 Å². The molecule has 0 aromatic carbocycles. The summed E-state index contributed by atoms with van der Waals surface area (Å²) in [7, 11) is 0. The van der Waals surface area contributed by atoms with Gasteiger partial charge in [-0.05, 0) is 13.0 Å². The summed E-state index contributed by atoms with van der Waals surface area (Å²) >= 11 is 1.50. The predicted octanol–water partition coefficient (Wildman–Crippen LogP) is 1.29. The van der Waals surface area contributed by atoms with Gasteiger partial charge in [0.2, 0.25) is 5.56 Å². The molecule has 0 aliphatic heterocycles. The molecule has 0 fully saturated rings. The Hall–Kier alpha value is -1.16. The van der Waals surface area contributed by atoms with Crippen LogP contribution in [-0.2, 0) is 0 Å². The number of thiazole rings is 1. The maximum Gasteiger partial charge on any atom is 0.249 e. The molecule has 0 saturated heterocycles. The van der Waals surface area contributed by atoms with Crippen molar-refractivity contribution < 1.29 is 0 Å². The lowest BCUT2D eigenvalue weighted by Gasteiger charge is -1.82. The van der Waals surface area contributed by atoms with Crippen molar-refractivity contribution in [3.8, 4) is 0 Å². The fourth-order valence-electron chi connectivity index (χ4n) is 0.954. The minimum Gasteiger partial charge on any atom is -0.312 e. The van der Waals surface area contributed by atoms with E-state index in [0.29, 0.717) is 0 Å². The molecular weight excluding hydrogens is 160 g/mol. The molecule has 0 amide bonds. The van der Waals surface area contributed by atoms with Crippen molar-refractivity contribution in [2.24, 2.45) is 0 Å². The third-order valence-corrected chi connectivity index (χ3v) is 2.29. The molecule has 0 atom stereocenters. The molecule has 2 aromatic rings. The molecule has 0 aliphatic rings. The molecule has 2 aromatic heterocycles. The van der Waals surface area contributed by atoms with Crippen LogP contribution < -0.4 is 5.56 Å². The quantitative estimate of drug-likeness (QED) is 0.641. The van der Waals surface area contributed by atoms with Crippen LogP contribution in [0.15, 0.2) is 16.9 Å². The van der Waals surface area contributed by atoms with E-state index in [2.05, 4.69) is 9.97 Å². The maximum absolute atomic E-state index is 10.8. The van der Waals surface area contributed by atoms with Crippen LogP contribution in [0.25, 0.3) is 10.3 Å². The number of aryl methyl sites for hydroxylation is 1. The number of hydrogen-bond donors (Lipinski definition) is 1. The maximum atomic E-state index is 10.8. The second kappa shape index (κ2) is 2.17. The van der Waals surface area contributed by atoms with Crippen molar-refractivity contribution in [2.45, 2.75) is 6.92 Å². The Morgan fingerprint density at radius 2 is 2.36 bits per heavy atom. The van der Waals surface area contributed by atoms with Crippen molar-refractivity contribution in [2.75, 3.05) is 0 Å². The number of hydrogen-bond acceptors (Lipinski definition) is 3. The molecule has 11 heavy (non-hydrogen) atoms. The van der Waals surface area contributed by atoms with Gasteiger partial charge in [0.1, 0.15) is 4.83 Å². The van der Waals surface area contributed by atoms with Crippen LogP contribution in [0.2, 0.25) is 0 Å². The Morgan fingerprint density at radius 1 is 1.55 bits per heavy atom. The van der Waals surface area contributed by atoms with Crippen LogP contribution in [0.1, 0.15) is 5.01 Å². The zero-order chi connectivity index (χ0) is 7.84. The summed E-state index contributed by atoms with van der Waals surface area (Å²) in [6, 6.07) is 3.22. The highest BCUT2D eigenvalue weighted by molar-refractivity contribution is 7.18. The van der Waals surface area contributed by atoms with Crippen LogP contribution in [0, 0.1) is 6.92 Å². The molecule has 2 heterocycles. The standard InChI is InChI=1S/C7H6N2OS/c1-4-8-5-2-3-6(10)9-7(5)11-4/h2-3H,1H3,(H,9,10). The van der Waals surface area contributed by atoms with Gasteiger partial charge in [-0.25, -0.2) is 4.98 Å². The molecule has 1 N–H and O–H groups in total. The predicted molar refractivity (Wildman–Crippen MR) is 45.0 cm³/mol. The fourth-order valence-corrected chi connectivity index (χ4v) is 1.76. The lowest BCUT2D eigenvalue weighted by molar-refractivity contribution is 1.29. The number of fused-ring (bicyclic) bond motifs is 1. The largest absolute Gasteiger partial charge is 0.312 e. The van der Waals surface area contributed by atoms with Gasteiger partial charge in [0.25, 0.3) is 0 Å². The second-order valence-corrected chi connectivity index (χ2v) is 3.47. The van der Waals surface area contributed by atoms with Gasteiger partial charge in [0.15, 0.2) is 0 Å². The first-order chi connectivity index (χ1) is 5.25. The van der Waals surface area contributed by atoms with E-state index in [4.69, 9.17) is 0 Å². The average Bonchev–Trinajstić information content (AvgIpc) is 2.27. The van der Waals surface area contributed by atoms with E-state index in [1.54, 1.807) is 6.07 Å². The molecule has 3 nitrogen and oxygen atoms in total. The first kappa shape index (κ1) is 6.54. The van der Waals surface area contributed by atoms with Gasteiger partial charge in [-0.1, -0.05) is 0 Å². The van der Waals surface area contributed by atoms with Crippen LogP contribution in [0.5, 0.6) is 0 Å². The summed E-state index contributed by atoms with van der Waals surface area (Å²) in [5.74, 6) is 0. The van der Waals surface area contributed by atoms with E-state index < -0.39 is 0 Å². The van der Waals surface area contributed by atoms with Gasteiger partial charge < -0.3 is 4.98 Å². The Labute approximate surface area is 66.7 Å². The molecule has 2 rings (SSSR count). The second-order valence-electron chi connectivity index (χ2n) is 2.27. The van der Waals surface area contributed by atoms with E-state index >= 15 is 0 Å². The molecule has 0 unspecified atom stereocenters. The summed E-state index contributed by atoms with van der Waals surface area (Å²) in [5, 5.41) is 0.974. The number of rotatable bonds is 0. The first-order valence-electron chi connectivity index (χ1n) is 3.22. The molecule has 0 bridgehead atoms. The van der Waals surface area contributed by atoms with Crippen LogP contribution >= 0.6 is 11.3 Å². The molecule has 56 valence electrons. The van der Waals surface area contributed by atoms with Gasteiger partial charge in [0.05, 0.1) is 10.5 Å². The van der Waals surface area contributed by atoms with Gasteiger partial charge in [-0.2, -0.15) is 0 Å². The molecule has 4 heteroatoms. The number of aromatic amines is 1. The Kier molecular flexibility index (Phi) is 1.29. The van der Waals surface area contributed by atoms with E-state index in [9.17, 15) is 4.79 Å². The zero-order valence-electron chi connectivity index (χ0n) is 5.92. The third kappa shape index (κ3) is 1.05. The number of nitrogens with one attached hydrogen (secondary N) is 1. The Bertz CT molecular complexity index is 443. The average molecular weight is 166 g/mol. The van der Waals surface area contributed by atoms with Crippen molar-refractivity contribution >= 4 is 21.7 Å². The molecule has 0 aliphatic carbocycles. The lowest BCUT2D eigenvalue weighted by Crippen LogP contribution is -2.00. The highest BCUT2D eigenvalue weighted by atomic mass is 32.1. The first-order valence-corrected chi connectivity index (χ1v) is 4.04. The molecular formula is C7H6N2OS. The molecule has 0 spiro atoms. The third-order valence-electron chi connectivity index (χ3n) is 1.39. The van der Waals surface area contributed by atoms with Gasteiger partial charge in [-0.15, -0.1) is 11.3 Å². The summed E-state index contributed by atoms with van der Waals surface area (Å²) in [5.41, 5.74) is 0.799. The normalized spacial score (nSPS) is 10.6. The number of H-pyrrole nitrogens is 1. The van der Waals surface area contributed by atoms with Gasteiger partial charge in [0, 0.05) is 6.07 Å². The van der Waals surface area contributed by atoms with Crippen LogP contribution in [-0.4, -0.2) is 9.97 Å². The van der Waals surface area contributed by atoms with Crippen molar-refractivity contribution in [3.05, 3.63) is 27.5 Å². The van der Waals surface area contributed by atoms with Crippen molar-refractivity contribution in [3.63, 3.8) is 0 Å². The minimum absolute atomic E-state index is 0.0684. The van der Waals surface area contributed by atoms with E-state index in [-0.39, 0.29) is 5.56 Å². The van der Waals surface area contributed by atoms with Crippen molar-refractivity contribution in [1.82, 2.24) is 9.97 Å². The van der Waals surface area contributed by atoms with Crippen molar-refractivity contribution in [1.29, 1.82) is 0 Å². The smallest absolute Gasteiger partial charge is 0.249 e. The number of aromatic nitrogens is 2. The topological polar surface area (TPSA) is 45.8 Å².